The molecule has 1 aliphatic carbocycles. The minimum Gasteiger partial charge on any atom is -0.468 e. The van der Waals surface area contributed by atoms with Crippen LogP contribution in [0.1, 0.15) is 113 Å². The minimum absolute atomic E-state index is 0.0300. The third-order valence-corrected chi connectivity index (χ3v) is 12.1. The number of terminal acetylenes is 1. The normalized spacial score (nSPS) is 27.2. The Morgan fingerprint density at radius 2 is 1.79 bits per heavy atom. The Bertz CT molecular complexity index is 2080. The average molecular weight is 721 g/mol. The number of ether oxygens (including phenoxy) is 2. The van der Waals surface area contributed by atoms with E-state index in [1.165, 1.54) is 31.1 Å². The second-order valence-corrected chi connectivity index (χ2v) is 15.2. The fourth-order valence-electron chi connectivity index (χ4n) is 8.88. The number of methoxy groups -OCH3 is 1. The summed E-state index contributed by atoms with van der Waals surface area (Å²) in [5.74, 6) is 0.971. The van der Waals surface area contributed by atoms with Crippen molar-refractivity contribution in [1.29, 1.82) is 0 Å². The number of carbonyl (C=O) groups is 2. The van der Waals surface area contributed by atoms with E-state index in [0.717, 1.165) is 80.7 Å². The lowest BCUT2D eigenvalue weighted by molar-refractivity contribution is -0.147. The van der Waals surface area contributed by atoms with Crippen molar-refractivity contribution in [3.8, 4) is 12.3 Å². The van der Waals surface area contributed by atoms with Crippen LogP contribution in [-0.2, 0) is 25.5 Å². The maximum atomic E-state index is 13.6. The molecule has 6 rings (SSSR count). The number of nitrogens with one attached hydrogen (secondary N) is 4. The van der Waals surface area contributed by atoms with Gasteiger partial charge in [-0.15, -0.1) is 6.42 Å². The Morgan fingerprint density at radius 1 is 1.02 bits per heavy atom. The molecule has 3 aliphatic heterocycles. The molecular weight excluding hydrogens is 665 g/mol. The van der Waals surface area contributed by atoms with Crippen molar-refractivity contribution in [2.45, 2.75) is 106 Å². The molecule has 0 radical (unpaired) electrons. The van der Waals surface area contributed by atoms with Crippen molar-refractivity contribution in [3.05, 3.63) is 84.7 Å². The summed E-state index contributed by atoms with van der Waals surface area (Å²) in [6.45, 7) is 15.0. The molecule has 4 aliphatic rings. The van der Waals surface area contributed by atoms with Crippen LogP contribution < -0.4 is 21.3 Å². The van der Waals surface area contributed by atoms with E-state index < -0.39 is 18.0 Å². The van der Waals surface area contributed by atoms with Crippen LogP contribution in [0.3, 0.4) is 0 Å². The minimum atomic E-state index is -1.09. The fraction of sp³-hybridized carbons (Fsp3) is 0.500. The fourth-order valence-corrected chi connectivity index (χ4v) is 8.88. The van der Waals surface area contributed by atoms with E-state index in [1.54, 1.807) is 0 Å². The standard InChI is InChI=1S/C44H56N4O5/c1-10-13-14-15-23(4)18-19-53-37(49)17-16-30-26(7)33-20-31-24(5)28(11-2)35(45-31)21-32-25(6)29(12-3)36(46-32)22-34-27(8)38-42(48-34)39(41(30)47-33)40(43(38)50)44(51)52-9/h2,18,20-22,26,28,30,40-41,43,45-48,50H,10,12-17,19H2,1,3-9H3/b23-18+,33-20-,34-22-,35-21-/t26-,28+,30-,40+,41?,43-/m0/s1. The van der Waals surface area contributed by atoms with E-state index in [1.807, 2.05) is 13.0 Å². The smallest absolute Gasteiger partial charge is 0.315 e. The zero-order valence-corrected chi connectivity index (χ0v) is 32.6. The molecule has 282 valence electrons. The molecule has 0 aromatic carbocycles. The maximum absolute atomic E-state index is 13.6. The number of hydrogen-bond acceptors (Lipinski definition) is 7. The number of hydrogen-bond donors (Lipinski definition) is 5. The largest absolute Gasteiger partial charge is 0.468 e. The van der Waals surface area contributed by atoms with Crippen molar-refractivity contribution in [2.24, 2.45) is 23.7 Å². The average Bonchev–Trinajstić information content (AvgIpc) is 3.87. The molecule has 9 nitrogen and oxygen atoms in total. The number of carbonyl (C=O) groups excluding carboxylic acids is 2. The lowest BCUT2D eigenvalue weighted by atomic mass is 9.80. The van der Waals surface area contributed by atoms with E-state index >= 15 is 0 Å². The number of esters is 2. The molecule has 9 heteroatoms. The number of rotatable bonds is 11. The third-order valence-electron chi connectivity index (χ3n) is 12.1. The number of aliphatic hydroxyl groups excluding tert-OH is 1. The van der Waals surface area contributed by atoms with Crippen LogP contribution in [0, 0.1) is 49.9 Å². The van der Waals surface area contributed by atoms with Gasteiger partial charge in [0.1, 0.15) is 12.5 Å². The van der Waals surface area contributed by atoms with Gasteiger partial charge in [0.25, 0.3) is 0 Å². The Balaban J connectivity index is 1.47. The predicted molar refractivity (Wildman–Crippen MR) is 209 cm³/mol. The summed E-state index contributed by atoms with van der Waals surface area (Å²) in [5.41, 5.74) is 11.7. The summed E-state index contributed by atoms with van der Waals surface area (Å²) < 4.78 is 11.0. The van der Waals surface area contributed by atoms with Crippen LogP contribution >= 0.6 is 0 Å². The van der Waals surface area contributed by atoms with Crippen molar-refractivity contribution >= 4 is 29.7 Å². The van der Waals surface area contributed by atoms with Gasteiger partial charge in [-0.2, -0.15) is 0 Å². The topological polar surface area (TPSA) is 128 Å². The highest BCUT2D eigenvalue weighted by atomic mass is 16.5. The van der Waals surface area contributed by atoms with Gasteiger partial charge >= 0.3 is 11.9 Å². The summed E-state index contributed by atoms with van der Waals surface area (Å²) in [5, 5.41) is 21.0. The zero-order chi connectivity index (χ0) is 38.1. The molecule has 2 aromatic heterocycles. The number of H-pyrrole nitrogens is 2. The summed E-state index contributed by atoms with van der Waals surface area (Å²) in [7, 11) is 1.36. The first kappa shape index (κ1) is 38.1. The number of aromatic nitrogens is 2. The second kappa shape index (κ2) is 15.7. The van der Waals surface area contributed by atoms with Crippen LogP contribution in [0.5, 0.6) is 0 Å². The molecule has 53 heavy (non-hydrogen) atoms. The predicted octanol–water partition coefficient (Wildman–Crippen LogP) is 5.78. The van der Waals surface area contributed by atoms with Gasteiger partial charge in [-0.1, -0.05) is 45.1 Å². The first-order valence-electron chi connectivity index (χ1n) is 19.3. The SMILES string of the molecule is C#C[C@@H]1C(C)=C2/C=C3\NC(C4=c5[nH]/c(c(C)c5[C@H](O)[C@@H]4C(=O)OC)=C\c4[nH]c(c(C)c4CC)/C=C/1N2)[C@@H](CCC(=O)OC/C=C(\C)CCCCC)[C@@H]3C. The number of aliphatic hydroxyl groups is 1. The van der Waals surface area contributed by atoms with E-state index in [-0.39, 0.29) is 42.8 Å². The van der Waals surface area contributed by atoms with Crippen LogP contribution in [-0.4, -0.2) is 46.8 Å². The first-order valence-corrected chi connectivity index (χ1v) is 19.3. The van der Waals surface area contributed by atoms with Crippen LogP contribution in [0.4, 0.5) is 0 Å². The summed E-state index contributed by atoms with van der Waals surface area (Å²) in [4.78, 5) is 34.0. The maximum Gasteiger partial charge on any atom is 0.315 e. The molecule has 2 aromatic rings. The van der Waals surface area contributed by atoms with E-state index in [4.69, 9.17) is 15.9 Å². The van der Waals surface area contributed by atoms with E-state index in [2.05, 4.69) is 86.3 Å². The number of aromatic amines is 2. The highest BCUT2D eigenvalue weighted by molar-refractivity contribution is 5.88. The number of fused-ring (bicyclic) bond motifs is 8. The molecule has 1 unspecified atom stereocenters. The lowest BCUT2D eigenvalue weighted by Crippen LogP contribution is -2.37. The van der Waals surface area contributed by atoms with Gasteiger partial charge in [-0.3, -0.25) is 9.59 Å². The van der Waals surface area contributed by atoms with Crippen molar-refractivity contribution in [3.63, 3.8) is 0 Å². The third kappa shape index (κ3) is 7.06. The Hall–Kier alpha value is -4.68. The number of unbranched alkanes of at least 4 members (excludes halogenated alkanes) is 2. The Morgan fingerprint density at radius 3 is 2.49 bits per heavy atom. The highest BCUT2D eigenvalue weighted by Gasteiger charge is 2.49. The molecule has 5 N–H and O–H groups in total. The second-order valence-electron chi connectivity index (χ2n) is 15.2. The Kier molecular flexibility index (Phi) is 11.3. The van der Waals surface area contributed by atoms with E-state index in [0.29, 0.717) is 12.0 Å². The van der Waals surface area contributed by atoms with Gasteiger partial charge in [0, 0.05) is 57.1 Å². The van der Waals surface area contributed by atoms with Crippen molar-refractivity contribution in [2.75, 3.05) is 13.7 Å². The van der Waals surface area contributed by atoms with Gasteiger partial charge in [0.2, 0.25) is 0 Å². The van der Waals surface area contributed by atoms with E-state index in [9.17, 15) is 14.7 Å². The van der Waals surface area contributed by atoms with Gasteiger partial charge in [0.15, 0.2) is 0 Å². The molecule has 5 heterocycles. The monoisotopic (exact) mass is 720 g/mol. The van der Waals surface area contributed by atoms with Crippen molar-refractivity contribution < 1.29 is 24.2 Å². The van der Waals surface area contributed by atoms with Gasteiger partial charge in [-0.05, 0) is 111 Å². The molecule has 1 saturated heterocycles. The number of allylic oxidation sites excluding steroid dienone is 4. The molecule has 1 fully saturated rings. The van der Waals surface area contributed by atoms with Gasteiger partial charge in [0.05, 0.1) is 25.2 Å². The Labute approximate surface area is 313 Å². The molecular formula is C44H56N4O5. The zero-order valence-electron chi connectivity index (χ0n) is 32.6. The molecule has 8 bridgehead atoms. The van der Waals surface area contributed by atoms with Crippen LogP contribution in [0.15, 0.2) is 40.4 Å². The highest BCUT2D eigenvalue weighted by Crippen LogP contribution is 2.45. The quantitative estimate of drug-likeness (QED) is 0.0863. The van der Waals surface area contributed by atoms with Crippen LogP contribution in [0.2, 0.25) is 0 Å². The van der Waals surface area contributed by atoms with Crippen molar-refractivity contribution in [1.82, 2.24) is 20.6 Å². The molecule has 0 spiro atoms. The van der Waals surface area contributed by atoms with Gasteiger partial charge in [-0.25, -0.2) is 0 Å². The lowest BCUT2D eigenvalue weighted by Gasteiger charge is -2.27. The first-order chi connectivity index (χ1) is 25.4. The summed E-state index contributed by atoms with van der Waals surface area (Å²) in [6, 6.07) is -0.380. The van der Waals surface area contributed by atoms with Gasteiger partial charge < -0.3 is 35.2 Å². The molecule has 0 saturated carbocycles. The summed E-state index contributed by atoms with van der Waals surface area (Å²) in [6.07, 6.45) is 19.5. The molecule has 0 amide bonds. The summed E-state index contributed by atoms with van der Waals surface area (Å²) >= 11 is 0. The van der Waals surface area contributed by atoms with Crippen LogP contribution in [0.25, 0.3) is 17.7 Å². The molecule has 6 atom stereocenters.